The maximum atomic E-state index is 12.6. The van der Waals surface area contributed by atoms with Crippen LogP contribution in [0.3, 0.4) is 0 Å². The van der Waals surface area contributed by atoms with Crippen molar-refractivity contribution in [3.63, 3.8) is 0 Å². The molecule has 0 unspecified atom stereocenters. The summed E-state index contributed by atoms with van der Waals surface area (Å²) in [7, 11) is 1.67. The summed E-state index contributed by atoms with van der Waals surface area (Å²) in [6, 6.07) is 7.81. The van der Waals surface area contributed by atoms with Crippen molar-refractivity contribution >= 4 is 28.5 Å². The van der Waals surface area contributed by atoms with Crippen LogP contribution >= 0.6 is 0 Å². The number of piperidine rings is 1. The van der Waals surface area contributed by atoms with Crippen LogP contribution in [0.4, 0.5) is 10.5 Å². The Bertz CT molecular complexity index is 763. The van der Waals surface area contributed by atoms with Crippen LogP contribution in [-0.4, -0.2) is 48.2 Å². The van der Waals surface area contributed by atoms with Gasteiger partial charge in [-0.3, -0.25) is 4.79 Å². The molecule has 3 rings (SSSR count). The number of nitrogens with one attached hydrogen (secondary N) is 1. The van der Waals surface area contributed by atoms with Gasteiger partial charge in [-0.15, -0.1) is 0 Å². The monoisotopic (exact) mass is 344 g/mol. The van der Waals surface area contributed by atoms with Gasteiger partial charge in [-0.25, -0.2) is 4.79 Å². The van der Waals surface area contributed by atoms with Gasteiger partial charge in [-0.1, -0.05) is 18.2 Å². The van der Waals surface area contributed by atoms with Crippen LogP contribution in [0.15, 0.2) is 30.5 Å². The van der Waals surface area contributed by atoms with Gasteiger partial charge in [0.05, 0.1) is 17.8 Å². The molecule has 1 fully saturated rings. The van der Waals surface area contributed by atoms with E-state index >= 15 is 0 Å². The third-order valence-electron chi connectivity index (χ3n) is 4.75. The number of carbonyl (C=O) groups is 2. The molecule has 1 aromatic carbocycles. The molecule has 1 aromatic heterocycles. The van der Waals surface area contributed by atoms with Crippen LogP contribution < -0.4 is 11.1 Å². The number of fused-ring (bicyclic) bond motifs is 1. The van der Waals surface area contributed by atoms with Gasteiger partial charge in [0.25, 0.3) is 0 Å². The number of anilines is 1. The molecular formula is C18H24N4O3. The van der Waals surface area contributed by atoms with Crippen molar-refractivity contribution < 1.29 is 14.3 Å². The number of benzene rings is 1. The molecule has 0 saturated carbocycles. The Morgan fingerprint density at radius 2 is 2.00 bits per heavy atom. The molecule has 134 valence electrons. The van der Waals surface area contributed by atoms with E-state index in [1.54, 1.807) is 12.0 Å². The highest BCUT2D eigenvalue weighted by Gasteiger charge is 2.26. The van der Waals surface area contributed by atoms with Crippen molar-refractivity contribution in [2.75, 3.05) is 32.1 Å². The summed E-state index contributed by atoms with van der Waals surface area (Å²) in [4.78, 5) is 25.6. The van der Waals surface area contributed by atoms with E-state index in [1.807, 2.05) is 30.5 Å². The van der Waals surface area contributed by atoms with E-state index < -0.39 is 0 Å². The summed E-state index contributed by atoms with van der Waals surface area (Å²) in [6.45, 7) is 2.41. The third kappa shape index (κ3) is 3.76. The lowest BCUT2D eigenvalue weighted by atomic mass is 9.96. The van der Waals surface area contributed by atoms with Crippen molar-refractivity contribution in [2.45, 2.75) is 19.4 Å². The van der Waals surface area contributed by atoms with E-state index in [2.05, 4.69) is 9.88 Å². The second-order valence-corrected chi connectivity index (χ2v) is 6.34. The van der Waals surface area contributed by atoms with E-state index in [9.17, 15) is 9.59 Å². The molecule has 2 aromatic rings. The van der Waals surface area contributed by atoms with Crippen molar-refractivity contribution in [3.05, 3.63) is 30.5 Å². The van der Waals surface area contributed by atoms with Gasteiger partial charge in [0.1, 0.15) is 0 Å². The minimum Gasteiger partial charge on any atom is -0.383 e. The number of methoxy groups -OCH3 is 1. The first kappa shape index (κ1) is 17.3. The molecule has 7 heteroatoms. The second kappa shape index (κ2) is 7.57. The van der Waals surface area contributed by atoms with Crippen molar-refractivity contribution in [1.29, 1.82) is 0 Å². The van der Waals surface area contributed by atoms with Gasteiger partial charge in [0, 0.05) is 44.2 Å². The van der Waals surface area contributed by atoms with Crippen molar-refractivity contribution in [1.82, 2.24) is 9.47 Å². The maximum absolute atomic E-state index is 12.6. The van der Waals surface area contributed by atoms with Gasteiger partial charge in [-0.05, 0) is 18.9 Å². The number of rotatable bonds is 5. The number of ether oxygens (including phenoxy) is 1. The standard InChI is InChI=1S/C18H24N4O3/c1-25-11-10-22-12-15(14-4-2-3-5-16(14)22)20-18(24)21-8-6-13(7-9-21)17(19)23/h2-5,12-13H,6-11H2,1H3,(H2,19,23)(H,20,24). The molecule has 2 heterocycles. The van der Waals surface area contributed by atoms with Crippen LogP contribution in [-0.2, 0) is 16.1 Å². The average molecular weight is 344 g/mol. The minimum atomic E-state index is -0.277. The van der Waals surface area contributed by atoms with Gasteiger partial charge in [0.15, 0.2) is 0 Å². The number of carbonyl (C=O) groups excluding carboxylic acids is 2. The predicted molar refractivity (Wildman–Crippen MR) is 96.3 cm³/mol. The van der Waals surface area contributed by atoms with Gasteiger partial charge >= 0.3 is 6.03 Å². The second-order valence-electron chi connectivity index (χ2n) is 6.34. The average Bonchev–Trinajstić information content (AvgIpc) is 2.98. The molecule has 7 nitrogen and oxygen atoms in total. The molecule has 0 spiro atoms. The van der Waals surface area contributed by atoms with Crippen LogP contribution in [0, 0.1) is 5.92 Å². The fraction of sp³-hybridized carbons (Fsp3) is 0.444. The van der Waals surface area contributed by atoms with Gasteiger partial charge in [-0.2, -0.15) is 0 Å². The third-order valence-corrected chi connectivity index (χ3v) is 4.75. The topological polar surface area (TPSA) is 89.6 Å². The number of nitrogens with two attached hydrogens (primary N) is 1. The summed E-state index contributed by atoms with van der Waals surface area (Å²) in [6.07, 6.45) is 3.19. The zero-order valence-electron chi connectivity index (χ0n) is 14.4. The number of likely N-dealkylation sites (tertiary alicyclic amines) is 1. The minimum absolute atomic E-state index is 0.125. The normalized spacial score (nSPS) is 15.5. The Hall–Kier alpha value is -2.54. The number of primary amides is 1. The molecule has 1 saturated heterocycles. The van der Waals surface area contributed by atoms with Gasteiger partial charge < -0.3 is 25.3 Å². The first-order chi connectivity index (χ1) is 12.1. The Kier molecular flexibility index (Phi) is 5.23. The molecule has 3 amide bonds. The number of amides is 3. The zero-order chi connectivity index (χ0) is 17.8. The molecule has 0 bridgehead atoms. The zero-order valence-corrected chi connectivity index (χ0v) is 14.4. The lowest BCUT2D eigenvalue weighted by Gasteiger charge is -2.30. The molecule has 1 aliphatic heterocycles. The fourth-order valence-electron chi connectivity index (χ4n) is 3.28. The van der Waals surface area contributed by atoms with Crippen LogP contribution in [0.5, 0.6) is 0 Å². The summed E-state index contributed by atoms with van der Waals surface area (Å²) < 4.78 is 7.23. The van der Waals surface area contributed by atoms with Crippen LogP contribution in [0.2, 0.25) is 0 Å². The summed E-state index contributed by atoms with van der Waals surface area (Å²) >= 11 is 0. The fourth-order valence-corrected chi connectivity index (χ4v) is 3.28. The number of aromatic nitrogens is 1. The van der Waals surface area contributed by atoms with Crippen LogP contribution in [0.25, 0.3) is 10.9 Å². The van der Waals surface area contributed by atoms with E-state index in [0.717, 1.165) is 23.1 Å². The Morgan fingerprint density at radius 1 is 1.28 bits per heavy atom. The number of para-hydroxylation sites is 1. The predicted octanol–water partition coefficient (Wildman–Crippen LogP) is 2.02. The molecule has 0 radical (unpaired) electrons. The number of urea groups is 1. The quantitative estimate of drug-likeness (QED) is 0.869. The molecule has 0 aliphatic carbocycles. The summed E-state index contributed by atoms with van der Waals surface area (Å²) in [5.74, 6) is -0.402. The highest BCUT2D eigenvalue weighted by atomic mass is 16.5. The SMILES string of the molecule is COCCn1cc(NC(=O)N2CCC(C(N)=O)CC2)c2ccccc21. The Morgan fingerprint density at radius 3 is 2.68 bits per heavy atom. The van der Waals surface area contributed by atoms with E-state index in [-0.39, 0.29) is 17.9 Å². The first-order valence-electron chi connectivity index (χ1n) is 8.52. The molecule has 25 heavy (non-hydrogen) atoms. The highest BCUT2D eigenvalue weighted by molar-refractivity contribution is 6.01. The van der Waals surface area contributed by atoms with Crippen molar-refractivity contribution in [2.24, 2.45) is 11.7 Å². The lowest BCUT2D eigenvalue weighted by molar-refractivity contribution is -0.122. The summed E-state index contributed by atoms with van der Waals surface area (Å²) in [5, 5.41) is 4.00. The van der Waals surface area contributed by atoms with E-state index in [0.29, 0.717) is 32.5 Å². The largest absolute Gasteiger partial charge is 0.383 e. The van der Waals surface area contributed by atoms with E-state index in [1.165, 1.54) is 0 Å². The molecule has 3 N–H and O–H groups in total. The molecular weight excluding hydrogens is 320 g/mol. The number of nitrogens with zero attached hydrogens (tertiary/aromatic N) is 2. The van der Waals surface area contributed by atoms with Crippen molar-refractivity contribution in [3.8, 4) is 0 Å². The maximum Gasteiger partial charge on any atom is 0.321 e. The highest BCUT2D eigenvalue weighted by Crippen LogP contribution is 2.26. The Balaban J connectivity index is 1.72. The summed E-state index contributed by atoms with van der Waals surface area (Å²) in [5.41, 5.74) is 7.19. The Labute approximate surface area is 146 Å². The first-order valence-corrected chi connectivity index (χ1v) is 8.52. The van der Waals surface area contributed by atoms with E-state index in [4.69, 9.17) is 10.5 Å². The smallest absolute Gasteiger partial charge is 0.321 e. The van der Waals surface area contributed by atoms with Gasteiger partial charge in [0.2, 0.25) is 5.91 Å². The molecule has 1 aliphatic rings. The number of hydrogen-bond donors (Lipinski definition) is 2. The molecule has 0 atom stereocenters. The lowest BCUT2D eigenvalue weighted by Crippen LogP contribution is -2.43. The number of hydrogen-bond acceptors (Lipinski definition) is 3. The van der Waals surface area contributed by atoms with Crippen LogP contribution in [0.1, 0.15) is 12.8 Å².